The van der Waals surface area contributed by atoms with E-state index in [0.29, 0.717) is 320 Å². The Balaban J connectivity index is 0.571. The Morgan fingerprint density at radius 3 is 1.40 bits per heavy atom. The number of benzene rings is 4. The molecule has 0 saturated carbocycles. The number of rotatable bonds is 64. The first-order valence-electron chi connectivity index (χ1n) is 36.6. The minimum absolute atomic E-state index is 0.0530. The summed E-state index contributed by atoms with van der Waals surface area (Å²) in [7, 11) is -9.94. The second kappa shape index (κ2) is 49.8. The summed E-state index contributed by atoms with van der Waals surface area (Å²) in [6, 6.07) is 14.6. The highest BCUT2D eigenvalue weighted by Gasteiger charge is 2.36. The molecule has 1 aliphatic heterocycles. The molecular formula is C73H101N5O29S2. The number of Topliss-reactive ketones (excluding diaryl/α,β-unsaturated/α-hetero) is 3. The molecule has 1 saturated heterocycles. The number of nitrogens with one attached hydrogen (secondary N) is 1. The Morgan fingerprint density at radius 1 is 0.514 bits per heavy atom. The van der Waals surface area contributed by atoms with E-state index in [0.717, 1.165) is 18.2 Å². The van der Waals surface area contributed by atoms with Gasteiger partial charge >= 0.3 is 0 Å². The Labute approximate surface area is 633 Å². The highest BCUT2D eigenvalue weighted by atomic mass is 32.2. The standard InChI is InChI=1S/C73H101N5O29S2/c79-58(13-6-24-94-28-32-98-36-40-102-44-48-105-47-43-101-39-35-97-31-27-93-23-5-10-55-18-19-57(77(83)84)51-65(55)78(85)86)11-3-12-59(80)14-7-25-95-29-33-99-37-41-103-45-49-106-50-46-104-42-38-100-34-30-96-26-8-17-67(81)56-9-4-22-76(54-56)66-53-64(74-63-21-20-60(108(87,88)89)52-68(63)109(90,91)92)69-70-71(66)75-107-73(70)62-16-2-1-15-61(62)72(69)82/h1-2,15-16,18-21,51-53,56,74H,3-14,17,22-50,54H2,(H,87,88,89)(H,90,91,92)/t56-/m0/s1. The Kier molecular flexibility index (Phi) is 40.7. The Morgan fingerprint density at radius 2 is 0.954 bits per heavy atom. The molecule has 36 heteroatoms. The van der Waals surface area contributed by atoms with Gasteiger partial charge in [-0.1, -0.05) is 29.4 Å². The minimum atomic E-state index is -5.08. The predicted molar refractivity (Wildman–Crippen MR) is 393 cm³/mol. The lowest BCUT2D eigenvalue weighted by atomic mass is 9.85. The molecule has 0 bridgehead atoms. The molecule has 2 aliphatic rings. The van der Waals surface area contributed by atoms with Crippen molar-refractivity contribution in [3.63, 3.8) is 0 Å². The van der Waals surface area contributed by atoms with E-state index in [2.05, 4.69) is 10.5 Å². The number of hydrogen-bond acceptors (Lipinski definition) is 30. The molecule has 109 heavy (non-hydrogen) atoms. The number of non-ortho nitro benzene ring substituents is 1. The van der Waals surface area contributed by atoms with Crippen molar-refractivity contribution in [2.75, 3.05) is 208 Å². The molecule has 4 aromatic carbocycles. The lowest BCUT2D eigenvalue weighted by Crippen LogP contribution is -2.39. The van der Waals surface area contributed by atoms with E-state index in [1.165, 1.54) is 12.1 Å². The molecule has 3 N–H and O–H groups in total. The molecule has 7 rings (SSSR count). The number of carbonyl (C=O) groups is 4. The van der Waals surface area contributed by atoms with Crippen LogP contribution in [-0.2, 0) is 107 Å². The van der Waals surface area contributed by atoms with E-state index < -0.39 is 45.7 Å². The van der Waals surface area contributed by atoms with Crippen molar-refractivity contribution in [3.8, 4) is 11.3 Å². The van der Waals surface area contributed by atoms with Crippen molar-refractivity contribution < 1.29 is 126 Å². The fraction of sp³-hybridized carbons (Fsp3) is 0.603. The molecule has 1 fully saturated rings. The van der Waals surface area contributed by atoms with Gasteiger partial charge in [0.2, 0.25) is 0 Å². The number of aryl methyl sites for hydroxylation is 1. The van der Waals surface area contributed by atoms with Gasteiger partial charge in [0.25, 0.3) is 31.6 Å². The summed E-state index contributed by atoms with van der Waals surface area (Å²) < 4.78 is 152. The maximum atomic E-state index is 14.2. The Hall–Kier alpha value is -7.31. The third-order valence-electron chi connectivity index (χ3n) is 17.2. The van der Waals surface area contributed by atoms with Crippen LogP contribution in [0.2, 0.25) is 0 Å². The van der Waals surface area contributed by atoms with Crippen LogP contribution in [0.1, 0.15) is 98.5 Å². The number of piperidine rings is 1. The number of ketones is 4. The van der Waals surface area contributed by atoms with Crippen LogP contribution in [0.4, 0.5) is 28.4 Å². The van der Waals surface area contributed by atoms with Gasteiger partial charge in [0, 0.05) is 100 Å². The van der Waals surface area contributed by atoms with Crippen molar-refractivity contribution in [1.29, 1.82) is 0 Å². The summed E-state index contributed by atoms with van der Waals surface area (Å²) in [5, 5.41) is 29.8. The molecule has 0 unspecified atom stereocenters. The number of hydrogen-bond donors (Lipinski definition) is 3. The zero-order valence-corrected chi connectivity index (χ0v) is 63.0. The molecule has 34 nitrogen and oxygen atoms in total. The third-order valence-corrected chi connectivity index (χ3v) is 18.9. The highest BCUT2D eigenvalue weighted by Crippen LogP contribution is 2.47. The molecule has 5 aromatic rings. The summed E-state index contributed by atoms with van der Waals surface area (Å²) in [4.78, 5) is 73.6. The first-order chi connectivity index (χ1) is 52.8. The maximum Gasteiger partial charge on any atom is 0.296 e. The number of nitrogens with zero attached hydrogens (tertiary/aromatic N) is 4. The largest absolute Gasteiger partial charge is 0.379 e. The SMILES string of the molecule is O=C(CCCOCCOCCOCCOCCOCCOCCOCCCC(=O)[C@H]1CCCN(c2cc(Nc3ccc(S(=O)(=O)O)cc3S(=O)(=O)O)c3c4c(onc24)-c2ccccc2C3=O)C1)CCCC(=O)CCCOCCOCCOCCOCCOCCOCCOCCCc1ccc([N+](=O)[O-])cc1[N+](=O)[O-]. The quantitative estimate of drug-likeness (QED) is 0.0139. The lowest BCUT2D eigenvalue weighted by molar-refractivity contribution is -0.394. The number of anilines is 3. The molecule has 2 heterocycles. The fourth-order valence-electron chi connectivity index (χ4n) is 11.7. The smallest absolute Gasteiger partial charge is 0.296 e. The van der Waals surface area contributed by atoms with Crippen molar-refractivity contribution >= 4 is 82.7 Å². The van der Waals surface area contributed by atoms with Gasteiger partial charge in [-0.3, -0.25) is 48.5 Å². The van der Waals surface area contributed by atoms with Gasteiger partial charge in [0.1, 0.15) is 27.8 Å². The average molecular weight is 1580 g/mol. The van der Waals surface area contributed by atoms with Crippen LogP contribution in [0.5, 0.6) is 0 Å². The van der Waals surface area contributed by atoms with E-state index in [1.54, 1.807) is 30.3 Å². The number of fused-ring (bicyclic) bond motifs is 2. The van der Waals surface area contributed by atoms with E-state index in [9.17, 15) is 65.3 Å². The van der Waals surface area contributed by atoms with Crippen LogP contribution in [0.15, 0.2) is 81.0 Å². The second-order valence-corrected chi connectivity index (χ2v) is 28.0. The average Bonchev–Trinajstić information content (AvgIpc) is 1.63. The number of carbonyl (C=O) groups excluding carboxylic acids is 4. The summed E-state index contributed by atoms with van der Waals surface area (Å²) >= 11 is 0. The maximum absolute atomic E-state index is 14.2. The van der Waals surface area contributed by atoms with Gasteiger partial charge in [-0.15, -0.1) is 0 Å². The first-order valence-corrected chi connectivity index (χ1v) is 39.5. The van der Waals surface area contributed by atoms with Crippen LogP contribution in [-0.4, -0.2) is 262 Å². The summed E-state index contributed by atoms with van der Waals surface area (Å²) in [6.45, 7) is 11.8. The number of aromatic nitrogens is 1. The van der Waals surface area contributed by atoms with Gasteiger partial charge < -0.3 is 81.1 Å². The van der Waals surface area contributed by atoms with Crippen LogP contribution in [0.25, 0.3) is 22.2 Å². The zero-order valence-electron chi connectivity index (χ0n) is 61.4. The fourth-order valence-corrected chi connectivity index (χ4v) is 13.0. The number of nitro benzene ring substituents is 2. The molecule has 604 valence electrons. The molecule has 0 radical (unpaired) electrons. The van der Waals surface area contributed by atoms with Gasteiger partial charge in [-0.25, -0.2) is 0 Å². The summed E-state index contributed by atoms with van der Waals surface area (Å²) in [5.74, 6) is -0.197. The van der Waals surface area contributed by atoms with Crippen LogP contribution in [0, 0.1) is 26.1 Å². The first kappa shape index (κ1) is 88.9. The monoisotopic (exact) mass is 1580 g/mol. The zero-order chi connectivity index (χ0) is 77.9. The summed E-state index contributed by atoms with van der Waals surface area (Å²) in [5.41, 5.74) is 1.38. The van der Waals surface area contributed by atoms with Crippen molar-refractivity contribution in [2.24, 2.45) is 5.92 Å². The Bertz CT molecular complexity index is 3880. The third kappa shape index (κ3) is 32.1. The minimum Gasteiger partial charge on any atom is -0.379 e. The van der Waals surface area contributed by atoms with Gasteiger partial charge in [0.15, 0.2) is 11.5 Å². The van der Waals surface area contributed by atoms with E-state index in [4.69, 9.17) is 70.8 Å². The van der Waals surface area contributed by atoms with Crippen LogP contribution >= 0.6 is 0 Å². The number of ether oxygens (including phenoxy) is 14. The molecular weight excluding hydrogens is 1470 g/mol. The van der Waals surface area contributed by atoms with Crippen LogP contribution < -0.4 is 10.2 Å². The van der Waals surface area contributed by atoms with Crippen molar-refractivity contribution in [3.05, 3.63) is 104 Å². The van der Waals surface area contributed by atoms with E-state index in [-0.39, 0.29) is 58.0 Å². The van der Waals surface area contributed by atoms with Gasteiger partial charge in [0.05, 0.1) is 207 Å². The van der Waals surface area contributed by atoms with Crippen LogP contribution in [0.3, 0.4) is 0 Å². The van der Waals surface area contributed by atoms with E-state index >= 15 is 0 Å². The molecule has 0 spiro atoms. The van der Waals surface area contributed by atoms with E-state index in [1.807, 2.05) is 4.90 Å². The number of nitro groups is 2. The second-order valence-electron chi connectivity index (χ2n) is 25.2. The van der Waals surface area contributed by atoms with Crippen molar-refractivity contribution in [2.45, 2.75) is 93.3 Å². The molecule has 0 amide bonds. The van der Waals surface area contributed by atoms with Gasteiger partial charge in [-0.05, 0) is 81.7 Å². The van der Waals surface area contributed by atoms with Gasteiger partial charge in [-0.2, -0.15) is 16.8 Å². The molecule has 1 atom stereocenters. The summed E-state index contributed by atoms with van der Waals surface area (Å²) in [6.07, 6.45) is 6.20. The molecule has 1 aromatic heterocycles. The normalized spacial score (nSPS) is 13.7. The van der Waals surface area contributed by atoms with Crippen molar-refractivity contribution in [1.82, 2.24) is 5.16 Å². The topological polar surface area (TPSA) is 434 Å². The molecule has 1 aliphatic carbocycles. The predicted octanol–water partition coefficient (Wildman–Crippen LogP) is 8.39. The highest BCUT2D eigenvalue weighted by molar-refractivity contribution is 7.86. The lowest BCUT2D eigenvalue weighted by Gasteiger charge is -2.34.